The second-order valence-corrected chi connectivity index (χ2v) is 4.99. The van der Waals surface area contributed by atoms with Gasteiger partial charge in [0.15, 0.2) is 0 Å². The zero-order valence-corrected chi connectivity index (χ0v) is 11.3. The first kappa shape index (κ1) is 14.0. The van der Waals surface area contributed by atoms with Crippen molar-refractivity contribution < 1.29 is 9.50 Å². The Morgan fingerprint density at radius 3 is 2.47 bits per heavy atom. The number of aryl methyl sites for hydroxylation is 1. The van der Waals surface area contributed by atoms with Crippen molar-refractivity contribution in [2.24, 2.45) is 0 Å². The summed E-state index contributed by atoms with van der Waals surface area (Å²) in [5, 5.41) is 10.4. The molecule has 0 aliphatic heterocycles. The quantitative estimate of drug-likeness (QED) is 0.876. The van der Waals surface area contributed by atoms with Gasteiger partial charge in [0, 0.05) is 17.0 Å². The molecule has 0 bridgehead atoms. The van der Waals surface area contributed by atoms with E-state index in [4.69, 9.17) is 11.6 Å². The Labute approximate surface area is 117 Å². The van der Waals surface area contributed by atoms with Crippen molar-refractivity contribution in [1.29, 1.82) is 0 Å². The van der Waals surface area contributed by atoms with E-state index < -0.39 is 6.10 Å². The van der Waals surface area contributed by atoms with Crippen molar-refractivity contribution in [1.82, 2.24) is 0 Å². The molecule has 1 atom stereocenters. The van der Waals surface area contributed by atoms with E-state index in [1.807, 2.05) is 30.3 Å². The number of benzene rings is 2. The smallest absolute Gasteiger partial charge is 0.127 e. The fourth-order valence-corrected chi connectivity index (χ4v) is 2.28. The maximum Gasteiger partial charge on any atom is 0.127 e. The van der Waals surface area contributed by atoms with Crippen LogP contribution in [0.2, 0.25) is 5.02 Å². The first-order valence-electron chi connectivity index (χ1n) is 6.31. The molecule has 1 N–H and O–H groups in total. The van der Waals surface area contributed by atoms with E-state index in [-0.39, 0.29) is 12.2 Å². The van der Waals surface area contributed by atoms with Gasteiger partial charge in [-0.2, -0.15) is 0 Å². The Kier molecular flexibility index (Phi) is 4.94. The molecule has 2 rings (SSSR count). The highest BCUT2D eigenvalue weighted by Crippen LogP contribution is 2.21. The molecule has 0 saturated heterocycles. The minimum absolute atomic E-state index is 0.248. The zero-order chi connectivity index (χ0) is 13.7. The van der Waals surface area contributed by atoms with Crippen LogP contribution in [0.3, 0.4) is 0 Å². The Morgan fingerprint density at radius 2 is 1.79 bits per heavy atom. The Balaban J connectivity index is 1.93. The summed E-state index contributed by atoms with van der Waals surface area (Å²) < 4.78 is 13.6. The summed E-state index contributed by atoms with van der Waals surface area (Å²) in [6.07, 6.45) is 1.02. The van der Waals surface area contributed by atoms with Crippen molar-refractivity contribution in [2.75, 3.05) is 0 Å². The van der Waals surface area contributed by atoms with Gasteiger partial charge in [0.2, 0.25) is 0 Å². The summed E-state index contributed by atoms with van der Waals surface area (Å²) in [6.45, 7) is 0. The van der Waals surface area contributed by atoms with Gasteiger partial charge in [-0.05, 0) is 30.5 Å². The minimum Gasteiger partial charge on any atom is -0.393 e. The molecular weight excluding hydrogens is 263 g/mol. The molecule has 1 nitrogen and oxygen atoms in total. The molecule has 0 radical (unpaired) electrons. The highest BCUT2D eigenvalue weighted by Gasteiger charge is 2.12. The summed E-state index contributed by atoms with van der Waals surface area (Å²) in [5.41, 5.74) is 1.56. The van der Waals surface area contributed by atoms with Crippen LogP contribution in [0.1, 0.15) is 17.5 Å². The van der Waals surface area contributed by atoms with Gasteiger partial charge in [0.1, 0.15) is 5.82 Å². The normalized spacial score (nSPS) is 12.4. The van der Waals surface area contributed by atoms with Crippen molar-refractivity contribution in [2.45, 2.75) is 25.4 Å². The Hall–Kier alpha value is -1.38. The molecule has 2 aromatic carbocycles. The number of halogens is 2. The molecule has 0 heterocycles. The van der Waals surface area contributed by atoms with Crippen LogP contribution in [-0.4, -0.2) is 11.2 Å². The average molecular weight is 279 g/mol. The number of rotatable bonds is 5. The van der Waals surface area contributed by atoms with Crippen molar-refractivity contribution in [3.63, 3.8) is 0 Å². The summed E-state index contributed by atoms with van der Waals surface area (Å²) in [5.74, 6) is -0.355. The number of aliphatic hydroxyl groups excluding tert-OH is 1. The monoisotopic (exact) mass is 278 g/mol. The summed E-state index contributed by atoms with van der Waals surface area (Å²) in [4.78, 5) is 0. The SMILES string of the molecule is OC(CCc1ccccc1)Cc1c(F)cccc1Cl. The molecule has 3 heteroatoms. The van der Waals surface area contributed by atoms with E-state index in [9.17, 15) is 9.50 Å². The largest absolute Gasteiger partial charge is 0.393 e. The highest BCUT2D eigenvalue weighted by atomic mass is 35.5. The fourth-order valence-electron chi connectivity index (χ4n) is 2.04. The van der Waals surface area contributed by atoms with Gasteiger partial charge in [-0.15, -0.1) is 0 Å². The van der Waals surface area contributed by atoms with Gasteiger partial charge in [-0.3, -0.25) is 0 Å². The average Bonchev–Trinajstić information content (AvgIpc) is 2.42. The van der Waals surface area contributed by atoms with Gasteiger partial charge >= 0.3 is 0 Å². The molecule has 0 saturated carbocycles. The maximum atomic E-state index is 13.6. The van der Waals surface area contributed by atoms with Crippen molar-refractivity contribution in [3.05, 3.63) is 70.5 Å². The Morgan fingerprint density at radius 1 is 1.05 bits per heavy atom. The van der Waals surface area contributed by atoms with E-state index in [1.165, 1.54) is 11.6 Å². The third kappa shape index (κ3) is 4.05. The van der Waals surface area contributed by atoms with Crippen LogP contribution in [-0.2, 0) is 12.8 Å². The molecular formula is C16H16ClFO. The van der Waals surface area contributed by atoms with Crippen LogP contribution in [0.15, 0.2) is 48.5 Å². The third-order valence-electron chi connectivity index (χ3n) is 3.11. The molecule has 0 aliphatic carbocycles. The molecule has 2 aromatic rings. The van der Waals surface area contributed by atoms with Crippen LogP contribution < -0.4 is 0 Å². The maximum absolute atomic E-state index is 13.6. The molecule has 0 aromatic heterocycles. The lowest BCUT2D eigenvalue weighted by molar-refractivity contribution is 0.164. The second kappa shape index (κ2) is 6.69. The minimum atomic E-state index is -0.588. The van der Waals surface area contributed by atoms with E-state index in [0.717, 1.165) is 6.42 Å². The summed E-state index contributed by atoms with van der Waals surface area (Å²) in [6, 6.07) is 14.5. The lowest BCUT2D eigenvalue weighted by atomic mass is 10.0. The highest BCUT2D eigenvalue weighted by molar-refractivity contribution is 6.31. The van der Waals surface area contributed by atoms with Crippen LogP contribution in [0.5, 0.6) is 0 Å². The first-order valence-corrected chi connectivity index (χ1v) is 6.69. The lowest BCUT2D eigenvalue weighted by Crippen LogP contribution is -2.13. The van der Waals surface area contributed by atoms with E-state index >= 15 is 0 Å². The molecule has 0 aliphatic rings. The second-order valence-electron chi connectivity index (χ2n) is 4.58. The zero-order valence-electron chi connectivity index (χ0n) is 10.5. The van der Waals surface area contributed by atoms with E-state index in [0.29, 0.717) is 17.0 Å². The standard InChI is InChI=1S/C16H16ClFO/c17-15-7-4-8-16(18)14(15)11-13(19)10-9-12-5-2-1-3-6-12/h1-8,13,19H,9-11H2. The number of hydrogen-bond donors (Lipinski definition) is 1. The third-order valence-corrected chi connectivity index (χ3v) is 3.46. The van der Waals surface area contributed by atoms with Gasteiger partial charge in [-0.25, -0.2) is 4.39 Å². The molecule has 0 spiro atoms. The predicted octanol–water partition coefficient (Wildman–Crippen LogP) is 4.02. The summed E-state index contributed by atoms with van der Waals surface area (Å²) >= 11 is 5.94. The van der Waals surface area contributed by atoms with E-state index in [2.05, 4.69) is 0 Å². The lowest BCUT2D eigenvalue weighted by Gasteiger charge is -2.12. The predicted molar refractivity (Wildman–Crippen MR) is 75.9 cm³/mol. The summed E-state index contributed by atoms with van der Waals surface area (Å²) in [7, 11) is 0. The molecule has 100 valence electrons. The fraction of sp³-hybridized carbons (Fsp3) is 0.250. The van der Waals surface area contributed by atoms with E-state index in [1.54, 1.807) is 12.1 Å². The van der Waals surface area contributed by atoms with Gasteiger partial charge in [0.05, 0.1) is 6.10 Å². The van der Waals surface area contributed by atoms with Crippen molar-refractivity contribution >= 4 is 11.6 Å². The van der Waals surface area contributed by atoms with Crippen LogP contribution >= 0.6 is 11.6 Å². The van der Waals surface area contributed by atoms with Gasteiger partial charge in [0.25, 0.3) is 0 Å². The number of hydrogen-bond acceptors (Lipinski definition) is 1. The first-order chi connectivity index (χ1) is 9.16. The molecule has 0 amide bonds. The topological polar surface area (TPSA) is 20.2 Å². The van der Waals surface area contributed by atoms with Gasteiger partial charge in [-0.1, -0.05) is 48.0 Å². The molecule has 19 heavy (non-hydrogen) atoms. The molecule has 1 unspecified atom stereocenters. The van der Waals surface area contributed by atoms with Crippen molar-refractivity contribution in [3.8, 4) is 0 Å². The number of aliphatic hydroxyl groups is 1. The van der Waals surface area contributed by atoms with Crippen LogP contribution in [0, 0.1) is 5.82 Å². The molecule has 0 fully saturated rings. The van der Waals surface area contributed by atoms with Crippen LogP contribution in [0.25, 0.3) is 0 Å². The van der Waals surface area contributed by atoms with Crippen LogP contribution in [0.4, 0.5) is 4.39 Å². The van der Waals surface area contributed by atoms with Gasteiger partial charge < -0.3 is 5.11 Å². The Bertz CT molecular complexity index is 507.